The first-order chi connectivity index (χ1) is 12.5. The van der Waals surface area contributed by atoms with E-state index in [-0.39, 0.29) is 11.5 Å². The first-order valence-corrected chi connectivity index (χ1v) is 9.01. The van der Waals surface area contributed by atoms with Gasteiger partial charge in [0.05, 0.1) is 5.41 Å². The summed E-state index contributed by atoms with van der Waals surface area (Å²) in [7, 11) is 0. The van der Waals surface area contributed by atoms with Gasteiger partial charge in [-0.05, 0) is 54.8 Å². The van der Waals surface area contributed by atoms with Gasteiger partial charge in [0, 0.05) is 23.2 Å². The van der Waals surface area contributed by atoms with Gasteiger partial charge >= 0.3 is 0 Å². The topological polar surface area (TPSA) is 67.4 Å². The molecule has 3 rings (SSSR count). The molecule has 2 N–H and O–H groups in total. The normalized spacial score (nSPS) is 15.9. The van der Waals surface area contributed by atoms with Crippen molar-refractivity contribution < 1.29 is 18.7 Å². The van der Waals surface area contributed by atoms with E-state index in [0.717, 1.165) is 10.0 Å². The predicted octanol–water partition coefficient (Wildman–Crippen LogP) is 3.10. The van der Waals surface area contributed by atoms with Gasteiger partial charge in [-0.15, -0.1) is 0 Å². The average Bonchev–Trinajstić information content (AvgIpc) is 2.67. The molecule has 2 aromatic rings. The van der Waals surface area contributed by atoms with Crippen molar-refractivity contribution in [1.82, 2.24) is 10.9 Å². The van der Waals surface area contributed by atoms with Crippen molar-refractivity contribution in [3.05, 3.63) is 69.9 Å². The van der Waals surface area contributed by atoms with Gasteiger partial charge in [0.25, 0.3) is 5.91 Å². The molecule has 26 heavy (non-hydrogen) atoms. The summed E-state index contributed by atoms with van der Waals surface area (Å²) in [6.45, 7) is 0.935. The molecule has 1 fully saturated rings. The quantitative estimate of drug-likeness (QED) is 0.749. The zero-order chi connectivity index (χ0) is 18.6. The number of hydrogen-bond acceptors (Lipinski definition) is 3. The van der Waals surface area contributed by atoms with E-state index in [1.807, 2.05) is 24.3 Å². The lowest BCUT2D eigenvalue weighted by molar-refractivity contribution is -0.131. The first-order valence-electron chi connectivity index (χ1n) is 8.21. The predicted molar refractivity (Wildman–Crippen MR) is 97.9 cm³/mol. The van der Waals surface area contributed by atoms with Gasteiger partial charge < -0.3 is 4.74 Å². The molecule has 0 bridgehead atoms. The molecule has 5 nitrogen and oxygen atoms in total. The smallest absolute Gasteiger partial charge is 0.269 e. The Hall–Kier alpha value is -2.25. The summed E-state index contributed by atoms with van der Waals surface area (Å²) >= 11 is 3.40. The lowest BCUT2D eigenvalue weighted by atomic mass is 9.73. The van der Waals surface area contributed by atoms with Crippen molar-refractivity contribution in [2.45, 2.75) is 18.3 Å². The zero-order valence-electron chi connectivity index (χ0n) is 13.9. The highest BCUT2D eigenvalue weighted by Crippen LogP contribution is 2.35. The number of benzene rings is 2. The van der Waals surface area contributed by atoms with E-state index < -0.39 is 17.1 Å². The van der Waals surface area contributed by atoms with E-state index in [0.29, 0.717) is 26.1 Å². The van der Waals surface area contributed by atoms with Crippen LogP contribution in [0.3, 0.4) is 0 Å². The van der Waals surface area contributed by atoms with E-state index in [9.17, 15) is 14.0 Å². The second-order valence-electron chi connectivity index (χ2n) is 6.12. The summed E-state index contributed by atoms with van der Waals surface area (Å²) in [4.78, 5) is 25.1. The molecule has 0 spiro atoms. The number of halogens is 2. The molecule has 7 heteroatoms. The number of nitrogens with one attached hydrogen (secondary N) is 2. The Balaban J connectivity index is 1.74. The Morgan fingerprint density at radius 2 is 1.58 bits per heavy atom. The third-order valence-corrected chi connectivity index (χ3v) is 5.10. The summed E-state index contributed by atoms with van der Waals surface area (Å²) in [5, 5.41) is 0. The number of carbonyl (C=O) groups excluding carboxylic acids is 2. The molecule has 0 unspecified atom stereocenters. The lowest BCUT2D eigenvalue weighted by Crippen LogP contribution is -2.53. The van der Waals surface area contributed by atoms with Gasteiger partial charge in [0.15, 0.2) is 0 Å². The minimum Gasteiger partial charge on any atom is -0.381 e. The number of carbonyl (C=O) groups is 2. The van der Waals surface area contributed by atoms with Crippen molar-refractivity contribution in [2.75, 3.05) is 13.2 Å². The lowest BCUT2D eigenvalue weighted by Gasteiger charge is -2.36. The van der Waals surface area contributed by atoms with E-state index in [4.69, 9.17) is 4.74 Å². The Morgan fingerprint density at radius 3 is 2.19 bits per heavy atom. The molecule has 0 saturated carbocycles. The molecule has 1 heterocycles. The number of rotatable bonds is 3. The fourth-order valence-electron chi connectivity index (χ4n) is 3.04. The average molecular weight is 421 g/mol. The Labute approximate surface area is 159 Å². The third-order valence-electron chi connectivity index (χ3n) is 4.57. The molecule has 2 aromatic carbocycles. The molecule has 0 atom stereocenters. The molecular formula is C19H18BrFN2O3. The maximum absolute atomic E-state index is 13.0. The van der Waals surface area contributed by atoms with Crippen LogP contribution in [0.2, 0.25) is 0 Å². The van der Waals surface area contributed by atoms with Crippen LogP contribution >= 0.6 is 15.9 Å². The number of ether oxygens (including phenoxy) is 1. The van der Waals surface area contributed by atoms with Crippen LogP contribution in [0.1, 0.15) is 28.8 Å². The Kier molecular flexibility index (Phi) is 5.68. The molecular weight excluding hydrogens is 403 g/mol. The summed E-state index contributed by atoms with van der Waals surface area (Å²) in [6.07, 6.45) is 1.04. The van der Waals surface area contributed by atoms with E-state index >= 15 is 0 Å². The van der Waals surface area contributed by atoms with Crippen LogP contribution in [-0.4, -0.2) is 25.0 Å². The molecule has 136 valence electrons. The third kappa shape index (κ3) is 3.94. The maximum atomic E-state index is 13.0. The van der Waals surface area contributed by atoms with Crippen molar-refractivity contribution in [3.8, 4) is 0 Å². The minimum atomic E-state index is -0.769. The SMILES string of the molecule is O=C(NNC(=O)C1(c2ccc(Br)cc2)CCOCC1)c1ccc(F)cc1. The Bertz CT molecular complexity index is 787. The molecule has 1 aliphatic heterocycles. The van der Waals surface area contributed by atoms with E-state index in [1.54, 1.807) is 0 Å². The van der Waals surface area contributed by atoms with Crippen LogP contribution in [0.15, 0.2) is 53.0 Å². The highest BCUT2D eigenvalue weighted by Gasteiger charge is 2.41. The van der Waals surface area contributed by atoms with Gasteiger partial charge in [0.2, 0.25) is 5.91 Å². The van der Waals surface area contributed by atoms with Gasteiger partial charge in [-0.1, -0.05) is 28.1 Å². The van der Waals surface area contributed by atoms with Gasteiger partial charge in [-0.25, -0.2) is 4.39 Å². The van der Waals surface area contributed by atoms with Gasteiger partial charge in [0.1, 0.15) is 5.82 Å². The van der Waals surface area contributed by atoms with Crippen LogP contribution in [-0.2, 0) is 14.9 Å². The summed E-state index contributed by atoms with van der Waals surface area (Å²) in [5.74, 6) is -1.23. The van der Waals surface area contributed by atoms with Gasteiger partial charge in [-0.2, -0.15) is 0 Å². The fourth-order valence-corrected chi connectivity index (χ4v) is 3.31. The largest absolute Gasteiger partial charge is 0.381 e. The minimum absolute atomic E-state index is 0.261. The van der Waals surface area contributed by atoms with Crippen LogP contribution in [0.5, 0.6) is 0 Å². The van der Waals surface area contributed by atoms with E-state index in [2.05, 4.69) is 26.8 Å². The molecule has 2 amide bonds. The van der Waals surface area contributed by atoms with Crippen molar-refractivity contribution in [3.63, 3.8) is 0 Å². The molecule has 0 radical (unpaired) electrons. The summed E-state index contributed by atoms with van der Waals surface area (Å²) < 4.78 is 19.3. The second-order valence-corrected chi connectivity index (χ2v) is 7.03. The standard InChI is InChI=1S/C19H18BrFN2O3/c20-15-5-3-14(4-6-15)19(9-11-26-12-10-19)18(25)23-22-17(24)13-1-7-16(21)8-2-13/h1-8H,9-12H2,(H,22,24)(H,23,25). The number of hydrazine groups is 1. The number of amides is 2. The Morgan fingerprint density at radius 1 is 0.962 bits per heavy atom. The number of hydrogen-bond donors (Lipinski definition) is 2. The first kappa shape index (κ1) is 18.5. The highest BCUT2D eigenvalue weighted by molar-refractivity contribution is 9.10. The van der Waals surface area contributed by atoms with Crippen LogP contribution in [0.4, 0.5) is 4.39 Å². The monoisotopic (exact) mass is 420 g/mol. The van der Waals surface area contributed by atoms with Crippen molar-refractivity contribution in [1.29, 1.82) is 0 Å². The van der Waals surface area contributed by atoms with Crippen LogP contribution < -0.4 is 10.9 Å². The second kappa shape index (κ2) is 7.97. The summed E-state index contributed by atoms with van der Waals surface area (Å²) in [6, 6.07) is 12.7. The van der Waals surface area contributed by atoms with Crippen molar-refractivity contribution >= 4 is 27.7 Å². The molecule has 0 aliphatic carbocycles. The van der Waals surface area contributed by atoms with Crippen LogP contribution in [0, 0.1) is 5.82 Å². The van der Waals surface area contributed by atoms with Crippen molar-refractivity contribution in [2.24, 2.45) is 0 Å². The molecule has 0 aromatic heterocycles. The fraction of sp³-hybridized carbons (Fsp3) is 0.263. The molecule has 1 aliphatic rings. The van der Waals surface area contributed by atoms with Gasteiger partial charge in [-0.3, -0.25) is 20.4 Å². The van der Waals surface area contributed by atoms with Crippen LogP contribution in [0.25, 0.3) is 0 Å². The van der Waals surface area contributed by atoms with E-state index in [1.165, 1.54) is 24.3 Å². The summed E-state index contributed by atoms with van der Waals surface area (Å²) in [5.41, 5.74) is 5.29. The highest BCUT2D eigenvalue weighted by atomic mass is 79.9. The molecule has 1 saturated heterocycles. The maximum Gasteiger partial charge on any atom is 0.269 e. The zero-order valence-corrected chi connectivity index (χ0v) is 15.5.